The van der Waals surface area contributed by atoms with Crippen molar-refractivity contribution in [3.05, 3.63) is 47.5 Å². The monoisotopic (exact) mass is 353 g/mol. The van der Waals surface area contributed by atoms with E-state index in [9.17, 15) is 4.39 Å². The molecular formula is C15H10Cl2FN3O2. The van der Waals surface area contributed by atoms with Crippen LogP contribution in [0.3, 0.4) is 0 Å². The van der Waals surface area contributed by atoms with E-state index in [-0.39, 0.29) is 24.2 Å². The predicted octanol–water partition coefficient (Wildman–Crippen LogP) is 4.32. The number of hydrogen-bond donors (Lipinski definition) is 1. The van der Waals surface area contributed by atoms with Crippen LogP contribution in [0.2, 0.25) is 5.02 Å². The molecule has 0 amide bonds. The van der Waals surface area contributed by atoms with Crippen molar-refractivity contribution >= 4 is 46.4 Å². The zero-order valence-corrected chi connectivity index (χ0v) is 13.1. The molecule has 23 heavy (non-hydrogen) atoms. The van der Waals surface area contributed by atoms with Crippen LogP contribution in [0.25, 0.3) is 10.9 Å². The fourth-order valence-corrected chi connectivity index (χ4v) is 2.44. The highest BCUT2D eigenvalue weighted by molar-refractivity contribution is 6.31. The molecule has 2 heterocycles. The third-order valence-corrected chi connectivity index (χ3v) is 3.60. The Hall–Kier alpha value is -2.31. The molecule has 0 radical (unpaired) electrons. The molecule has 1 aliphatic rings. The zero-order valence-electron chi connectivity index (χ0n) is 11.5. The number of ether oxygens (including phenoxy) is 2. The Morgan fingerprint density at radius 1 is 1.09 bits per heavy atom. The van der Waals surface area contributed by atoms with Crippen molar-refractivity contribution in [1.29, 1.82) is 0 Å². The molecule has 3 aromatic rings. The van der Waals surface area contributed by atoms with E-state index >= 15 is 0 Å². The van der Waals surface area contributed by atoms with Gasteiger partial charge in [-0.2, -0.15) is 0 Å². The zero-order chi connectivity index (χ0) is 15.1. The molecule has 0 atom stereocenters. The van der Waals surface area contributed by atoms with Crippen molar-refractivity contribution < 1.29 is 13.9 Å². The van der Waals surface area contributed by atoms with Crippen molar-refractivity contribution in [2.24, 2.45) is 0 Å². The van der Waals surface area contributed by atoms with E-state index in [1.54, 1.807) is 12.1 Å². The molecule has 0 aliphatic carbocycles. The van der Waals surface area contributed by atoms with Crippen LogP contribution in [-0.2, 0) is 0 Å². The number of hydrogen-bond acceptors (Lipinski definition) is 5. The number of rotatable bonds is 2. The summed E-state index contributed by atoms with van der Waals surface area (Å²) < 4.78 is 23.9. The molecule has 0 unspecified atom stereocenters. The lowest BCUT2D eigenvalue weighted by Gasteiger charge is -2.09. The van der Waals surface area contributed by atoms with Gasteiger partial charge in [-0.15, -0.1) is 12.4 Å². The number of halogens is 3. The fourth-order valence-electron chi connectivity index (χ4n) is 2.26. The topological polar surface area (TPSA) is 56.3 Å². The molecule has 1 N–H and O–H groups in total. The molecule has 5 nitrogen and oxygen atoms in total. The van der Waals surface area contributed by atoms with Gasteiger partial charge in [-0.25, -0.2) is 14.4 Å². The van der Waals surface area contributed by atoms with E-state index < -0.39 is 5.82 Å². The first kappa shape index (κ1) is 15.6. The Labute approximate surface area is 141 Å². The molecule has 0 saturated carbocycles. The summed E-state index contributed by atoms with van der Waals surface area (Å²) in [5, 5.41) is 3.92. The third-order valence-electron chi connectivity index (χ3n) is 3.31. The van der Waals surface area contributed by atoms with Gasteiger partial charge in [-0.1, -0.05) is 11.6 Å². The largest absolute Gasteiger partial charge is 0.454 e. The van der Waals surface area contributed by atoms with Crippen LogP contribution in [0.1, 0.15) is 0 Å². The molecule has 1 aliphatic heterocycles. The Morgan fingerprint density at radius 3 is 2.65 bits per heavy atom. The summed E-state index contributed by atoms with van der Waals surface area (Å²) in [6.07, 6.45) is 1.44. The van der Waals surface area contributed by atoms with Gasteiger partial charge < -0.3 is 14.8 Å². The molecular weight excluding hydrogens is 344 g/mol. The second kappa shape index (κ2) is 6.06. The lowest BCUT2D eigenvalue weighted by atomic mass is 10.2. The first-order valence-corrected chi connectivity index (χ1v) is 6.85. The summed E-state index contributed by atoms with van der Waals surface area (Å²) in [7, 11) is 0. The highest BCUT2D eigenvalue weighted by atomic mass is 35.5. The Balaban J connectivity index is 0.00000156. The van der Waals surface area contributed by atoms with Crippen LogP contribution in [-0.4, -0.2) is 16.8 Å². The van der Waals surface area contributed by atoms with E-state index in [2.05, 4.69) is 15.3 Å². The lowest BCUT2D eigenvalue weighted by Crippen LogP contribution is -1.96. The van der Waals surface area contributed by atoms with E-state index in [1.807, 2.05) is 6.07 Å². The van der Waals surface area contributed by atoms with Gasteiger partial charge in [0.05, 0.1) is 10.5 Å². The van der Waals surface area contributed by atoms with Gasteiger partial charge in [-0.3, -0.25) is 0 Å². The minimum absolute atomic E-state index is 0. The van der Waals surface area contributed by atoms with E-state index in [0.29, 0.717) is 23.0 Å². The van der Waals surface area contributed by atoms with Gasteiger partial charge in [0.1, 0.15) is 18.0 Å². The van der Waals surface area contributed by atoms with Gasteiger partial charge in [0.2, 0.25) is 6.79 Å². The molecule has 0 bridgehead atoms. The third kappa shape index (κ3) is 2.83. The van der Waals surface area contributed by atoms with Crippen molar-refractivity contribution in [3.63, 3.8) is 0 Å². The minimum Gasteiger partial charge on any atom is -0.454 e. The quantitative estimate of drug-likeness (QED) is 0.743. The van der Waals surface area contributed by atoms with Crippen LogP contribution < -0.4 is 14.8 Å². The number of anilines is 2. The second-order valence-corrected chi connectivity index (χ2v) is 5.11. The normalized spacial score (nSPS) is 12.1. The van der Waals surface area contributed by atoms with Crippen molar-refractivity contribution in [1.82, 2.24) is 9.97 Å². The minimum atomic E-state index is -0.469. The molecule has 0 saturated heterocycles. The average Bonchev–Trinajstić information content (AvgIpc) is 2.96. The maximum absolute atomic E-state index is 13.2. The number of nitrogens with zero attached hydrogens (tertiary/aromatic N) is 2. The molecule has 8 heteroatoms. The van der Waals surface area contributed by atoms with Crippen LogP contribution in [0, 0.1) is 5.82 Å². The van der Waals surface area contributed by atoms with Crippen molar-refractivity contribution in [2.75, 3.05) is 12.1 Å². The van der Waals surface area contributed by atoms with Gasteiger partial charge >= 0.3 is 0 Å². The van der Waals surface area contributed by atoms with Crippen LogP contribution in [0.4, 0.5) is 15.9 Å². The summed E-state index contributed by atoms with van der Waals surface area (Å²) in [5.74, 6) is 1.40. The fraction of sp³-hybridized carbons (Fsp3) is 0.0667. The second-order valence-electron chi connectivity index (χ2n) is 4.70. The van der Waals surface area contributed by atoms with Gasteiger partial charge in [0, 0.05) is 17.1 Å². The summed E-state index contributed by atoms with van der Waals surface area (Å²) in [4.78, 5) is 8.44. The Bertz CT molecular complexity index is 892. The molecule has 0 fully saturated rings. The smallest absolute Gasteiger partial charge is 0.231 e. The molecule has 2 aromatic carbocycles. The Morgan fingerprint density at radius 2 is 1.87 bits per heavy atom. The summed E-state index contributed by atoms with van der Waals surface area (Å²) in [5.41, 5.74) is 1.35. The average molecular weight is 354 g/mol. The first-order valence-electron chi connectivity index (χ1n) is 6.47. The predicted molar refractivity (Wildman–Crippen MR) is 87.6 cm³/mol. The molecule has 118 valence electrons. The number of benzene rings is 2. The summed E-state index contributed by atoms with van der Waals surface area (Å²) in [6, 6.07) is 7.98. The summed E-state index contributed by atoms with van der Waals surface area (Å²) in [6.45, 7) is 0.190. The van der Waals surface area contributed by atoms with E-state index in [4.69, 9.17) is 21.1 Å². The number of nitrogens with one attached hydrogen (secondary N) is 1. The molecule has 1 aromatic heterocycles. The highest BCUT2D eigenvalue weighted by Crippen LogP contribution is 2.37. The maximum Gasteiger partial charge on any atom is 0.231 e. The molecule has 0 spiro atoms. The molecule has 4 rings (SSSR count). The van der Waals surface area contributed by atoms with Crippen LogP contribution >= 0.6 is 24.0 Å². The van der Waals surface area contributed by atoms with Crippen LogP contribution in [0.15, 0.2) is 36.7 Å². The van der Waals surface area contributed by atoms with Gasteiger partial charge in [0.25, 0.3) is 0 Å². The summed E-state index contributed by atoms with van der Waals surface area (Å²) >= 11 is 5.79. The lowest BCUT2D eigenvalue weighted by molar-refractivity contribution is 0.174. The SMILES string of the molecule is Cl.Fc1ccc(Nc2ncnc3cc4c(cc23)OCO4)cc1Cl. The van der Waals surface area contributed by atoms with Crippen LogP contribution in [0.5, 0.6) is 11.5 Å². The van der Waals surface area contributed by atoms with E-state index in [0.717, 1.165) is 10.9 Å². The standard InChI is InChI=1S/C15H9ClFN3O2.ClH/c16-10-3-8(1-2-11(10)17)20-15-9-4-13-14(22-7-21-13)5-12(9)18-6-19-15;/h1-6H,7H2,(H,18,19,20);1H. The number of fused-ring (bicyclic) bond motifs is 2. The highest BCUT2D eigenvalue weighted by Gasteiger charge is 2.16. The van der Waals surface area contributed by atoms with Crippen molar-refractivity contribution in [3.8, 4) is 11.5 Å². The van der Waals surface area contributed by atoms with E-state index in [1.165, 1.54) is 18.5 Å². The number of aromatic nitrogens is 2. The van der Waals surface area contributed by atoms with Crippen molar-refractivity contribution in [2.45, 2.75) is 0 Å². The maximum atomic E-state index is 13.2. The van der Waals surface area contributed by atoms with Gasteiger partial charge in [0.15, 0.2) is 11.5 Å². The van der Waals surface area contributed by atoms with Gasteiger partial charge in [-0.05, 0) is 24.3 Å². The Kier molecular flexibility index (Phi) is 4.11. The first-order chi connectivity index (χ1) is 10.7.